The van der Waals surface area contributed by atoms with Crippen LogP contribution < -0.4 is 23.8 Å². The van der Waals surface area contributed by atoms with E-state index in [0.29, 0.717) is 46.7 Å². The summed E-state index contributed by atoms with van der Waals surface area (Å²) in [5.74, 6) is -0.0116. The summed E-state index contributed by atoms with van der Waals surface area (Å²) >= 11 is 13.2. The second-order valence-electron chi connectivity index (χ2n) is 11.2. The van der Waals surface area contributed by atoms with Crippen LogP contribution in [-0.2, 0) is 32.6 Å². The number of rotatable bonds is 17. The molecule has 4 rings (SSSR count). The minimum absolute atomic E-state index is 0.140. The Labute approximate surface area is 303 Å². The Kier molecular flexibility index (Phi) is 13.8. The molecule has 266 valence electrons. The summed E-state index contributed by atoms with van der Waals surface area (Å²) in [5.41, 5.74) is 1.41. The maximum atomic E-state index is 14.7. The number of carbonyl (C=O) groups is 2. The van der Waals surface area contributed by atoms with E-state index < -0.39 is 34.4 Å². The molecule has 13 heteroatoms. The second kappa shape index (κ2) is 18.0. The van der Waals surface area contributed by atoms with Gasteiger partial charge in [0.2, 0.25) is 11.8 Å². The van der Waals surface area contributed by atoms with Crippen molar-refractivity contribution in [2.24, 2.45) is 0 Å². The van der Waals surface area contributed by atoms with Crippen molar-refractivity contribution in [3.05, 3.63) is 112 Å². The number of benzene rings is 4. The number of carbonyl (C=O) groups excluding carboxylic acids is 2. The Morgan fingerprint density at radius 3 is 2.10 bits per heavy atom. The molecule has 0 saturated carbocycles. The molecule has 10 nitrogen and oxygen atoms in total. The van der Waals surface area contributed by atoms with E-state index in [2.05, 4.69) is 5.32 Å². The van der Waals surface area contributed by atoms with Crippen LogP contribution in [0.4, 0.5) is 5.69 Å². The minimum atomic E-state index is -4.42. The third-order valence-corrected chi connectivity index (χ3v) is 10.3. The molecule has 50 heavy (non-hydrogen) atoms. The van der Waals surface area contributed by atoms with Crippen molar-refractivity contribution in [2.45, 2.75) is 44.2 Å². The predicted molar refractivity (Wildman–Crippen MR) is 196 cm³/mol. The van der Waals surface area contributed by atoms with Gasteiger partial charge >= 0.3 is 0 Å². The van der Waals surface area contributed by atoms with Crippen LogP contribution in [-0.4, -0.2) is 65.1 Å². The maximum absolute atomic E-state index is 14.7. The van der Waals surface area contributed by atoms with Gasteiger partial charge in [-0.15, -0.1) is 0 Å². The molecule has 4 aromatic carbocycles. The lowest BCUT2D eigenvalue weighted by atomic mass is 10.0. The Morgan fingerprint density at radius 2 is 1.50 bits per heavy atom. The number of amides is 2. The number of methoxy groups -OCH3 is 2. The number of sulfonamides is 1. The Bertz CT molecular complexity index is 1840. The van der Waals surface area contributed by atoms with Gasteiger partial charge in [-0.3, -0.25) is 13.9 Å². The van der Waals surface area contributed by atoms with Crippen molar-refractivity contribution in [1.82, 2.24) is 10.2 Å². The summed E-state index contributed by atoms with van der Waals surface area (Å²) in [6.45, 7) is 3.72. The Morgan fingerprint density at radius 1 is 0.840 bits per heavy atom. The van der Waals surface area contributed by atoms with E-state index >= 15 is 0 Å². The van der Waals surface area contributed by atoms with Crippen LogP contribution >= 0.6 is 23.2 Å². The Hall–Kier alpha value is -4.45. The highest BCUT2D eigenvalue weighted by Gasteiger charge is 2.35. The number of hydrogen-bond donors (Lipinski definition) is 1. The summed E-state index contributed by atoms with van der Waals surface area (Å²) < 4.78 is 46.2. The van der Waals surface area contributed by atoms with E-state index in [1.165, 1.54) is 37.3 Å². The van der Waals surface area contributed by atoms with Crippen molar-refractivity contribution in [3.8, 4) is 17.2 Å². The molecule has 1 N–H and O–H groups in total. The van der Waals surface area contributed by atoms with Crippen LogP contribution in [0.1, 0.15) is 31.4 Å². The quantitative estimate of drug-likeness (QED) is 0.127. The van der Waals surface area contributed by atoms with Gasteiger partial charge < -0.3 is 24.4 Å². The van der Waals surface area contributed by atoms with Gasteiger partial charge in [-0.2, -0.15) is 0 Å². The number of ether oxygens (including phenoxy) is 3. The van der Waals surface area contributed by atoms with E-state index in [-0.39, 0.29) is 29.3 Å². The molecule has 1 atom stereocenters. The van der Waals surface area contributed by atoms with E-state index in [1.807, 2.05) is 44.2 Å². The number of anilines is 1. The first-order valence-electron chi connectivity index (χ1n) is 16.1. The summed E-state index contributed by atoms with van der Waals surface area (Å²) in [7, 11) is -1.57. The average molecular weight is 743 g/mol. The van der Waals surface area contributed by atoms with Crippen molar-refractivity contribution >= 4 is 50.7 Å². The van der Waals surface area contributed by atoms with Crippen molar-refractivity contribution in [3.63, 3.8) is 0 Å². The zero-order valence-corrected chi connectivity index (χ0v) is 30.7. The molecule has 1 unspecified atom stereocenters. The smallest absolute Gasteiger partial charge is 0.264 e. The lowest BCUT2D eigenvalue weighted by Gasteiger charge is -2.34. The SMILES string of the molecule is CCCNC(=O)C(Cc1ccccc1)N(Cc1c(Cl)cccc1Cl)C(=O)CN(c1ccc(OCC)cc1)S(=O)(=O)c1ccc(OC)c(OC)c1. The van der Waals surface area contributed by atoms with Crippen LogP contribution in [0, 0.1) is 0 Å². The van der Waals surface area contributed by atoms with Gasteiger partial charge in [-0.25, -0.2) is 8.42 Å². The van der Waals surface area contributed by atoms with Gasteiger partial charge in [-0.05, 0) is 67.4 Å². The van der Waals surface area contributed by atoms with Gasteiger partial charge in [-0.1, -0.05) is 66.5 Å². The van der Waals surface area contributed by atoms with Crippen LogP contribution in [0.3, 0.4) is 0 Å². The number of nitrogens with one attached hydrogen (secondary N) is 1. The number of nitrogens with zero attached hydrogens (tertiary/aromatic N) is 2. The highest BCUT2D eigenvalue weighted by molar-refractivity contribution is 7.92. The third-order valence-electron chi connectivity index (χ3n) is 7.87. The van der Waals surface area contributed by atoms with Crippen LogP contribution in [0.2, 0.25) is 10.0 Å². The van der Waals surface area contributed by atoms with Crippen LogP contribution in [0.5, 0.6) is 17.2 Å². The Balaban J connectivity index is 1.86. The standard InChI is InChI=1S/C37H41Cl2N3O7S/c1-5-21-40-37(44)33(22-26-11-8-7-9-12-26)41(24-30-31(38)13-10-14-32(30)39)36(43)25-42(27-15-17-28(18-16-27)49-6-2)50(45,46)29-19-20-34(47-3)35(23-29)48-4/h7-20,23,33H,5-6,21-22,24-25H2,1-4H3,(H,40,44). The molecule has 0 aliphatic carbocycles. The second-order valence-corrected chi connectivity index (χ2v) is 13.9. The van der Waals surface area contributed by atoms with Crippen molar-refractivity contribution in [2.75, 3.05) is 38.2 Å². The van der Waals surface area contributed by atoms with E-state index in [0.717, 1.165) is 9.87 Å². The first-order chi connectivity index (χ1) is 24.0. The highest BCUT2D eigenvalue weighted by Crippen LogP contribution is 2.33. The molecule has 0 aliphatic rings. The molecule has 0 bridgehead atoms. The van der Waals surface area contributed by atoms with Gasteiger partial charge in [0.25, 0.3) is 10.0 Å². The molecule has 0 aromatic heterocycles. The lowest BCUT2D eigenvalue weighted by molar-refractivity contribution is -0.140. The van der Waals surface area contributed by atoms with E-state index in [9.17, 15) is 18.0 Å². The van der Waals surface area contributed by atoms with E-state index in [4.69, 9.17) is 37.4 Å². The molecular formula is C37H41Cl2N3O7S. The normalized spacial score (nSPS) is 11.7. The fourth-order valence-corrected chi connectivity index (χ4v) is 7.23. The maximum Gasteiger partial charge on any atom is 0.264 e. The zero-order valence-electron chi connectivity index (χ0n) is 28.4. The molecular weight excluding hydrogens is 701 g/mol. The first-order valence-corrected chi connectivity index (χ1v) is 18.2. The predicted octanol–water partition coefficient (Wildman–Crippen LogP) is 6.77. The number of halogens is 2. The molecule has 0 spiro atoms. The third kappa shape index (κ3) is 9.41. The van der Waals surface area contributed by atoms with Crippen molar-refractivity contribution in [1.29, 1.82) is 0 Å². The summed E-state index contributed by atoms with van der Waals surface area (Å²) in [6, 6.07) is 23.7. The van der Waals surface area contributed by atoms with Gasteiger partial charge in [0.1, 0.15) is 18.3 Å². The van der Waals surface area contributed by atoms with Crippen LogP contribution in [0.15, 0.2) is 95.9 Å². The fraction of sp³-hybridized carbons (Fsp3) is 0.297. The van der Waals surface area contributed by atoms with E-state index in [1.54, 1.807) is 42.5 Å². The minimum Gasteiger partial charge on any atom is -0.494 e. The molecule has 0 aliphatic heterocycles. The zero-order chi connectivity index (χ0) is 36.3. The lowest BCUT2D eigenvalue weighted by Crippen LogP contribution is -2.53. The van der Waals surface area contributed by atoms with Crippen molar-refractivity contribution < 1.29 is 32.2 Å². The molecule has 0 saturated heterocycles. The summed E-state index contributed by atoms with van der Waals surface area (Å²) in [6.07, 6.45) is 0.818. The molecule has 2 amide bonds. The number of hydrogen-bond acceptors (Lipinski definition) is 7. The molecule has 0 fully saturated rings. The monoisotopic (exact) mass is 741 g/mol. The summed E-state index contributed by atoms with van der Waals surface area (Å²) in [5, 5.41) is 3.51. The largest absolute Gasteiger partial charge is 0.494 e. The average Bonchev–Trinajstić information content (AvgIpc) is 3.12. The molecule has 0 radical (unpaired) electrons. The first kappa shape index (κ1) is 38.4. The van der Waals surface area contributed by atoms with Gasteiger partial charge in [0, 0.05) is 41.2 Å². The summed E-state index contributed by atoms with van der Waals surface area (Å²) in [4.78, 5) is 29.8. The topological polar surface area (TPSA) is 114 Å². The molecule has 4 aromatic rings. The van der Waals surface area contributed by atoms with Gasteiger partial charge in [0.15, 0.2) is 11.5 Å². The van der Waals surface area contributed by atoms with Crippen LogP contribution in [0.25, 0.3) is 0 Å². The van der Waals surface area contributed by atoms with Gasteiger partial charge in [0.05, 0.1) is 31.4 Å². The fourth-order valence-electron chi connectivity index (χ4n) is 5.28. The highest BCUT2D eigenvalue weighted by atomic mass is 35.5. The molecule has 0 heterocycles.